The van der Waals surface area contributed by atoms with E-state index in [0.717, 1.165) is 57.8 Å². The fraction of sp³-hybridized carbons (Fsp3) is 1.00. The van der Waals surface area contributed by atoms with Crippen LogP contribution in [0.25, 0.3) is 0 Å². The van der Waals surface area contributed by atoms with Gasteiger partial charge in [-0.25, -0.2) is 0 Å². The van der Waals surface area contributed by atoms with Crippen molar-refractivity contribution in [2.24, 2.45) is 40.4 Å². The van der Waals surface area contributed by atoms with Gasteiger partial charge in [0.05, 0.1) is 63.1 Å². The molecule has 0 aromatic carbocycles. The van der Waals surface area contributed by atoms with Gasteiger partial charge in [0.25, 0.3) is 0 Å². The van der Waals surface area contributed by atoms with Gasteiger partial charge in [0.15, 0.2) is 6.29 Å². The predicted octanol–water partition coefficient (Wildman–Crippen LogP) is -1.01. The lowest BCUT2D eigenvalue weighted by Crippen LogP contribution is -2.63. The summed E-state index contributed by atoms with van der Waals surface area (Å²) in [5.74, 6) is 0.743. The maximum Gasteiger partial charge on any atom is 0.186 e. The normalized spacial score (nSPS) is 53.9. The minimum absolute atomic E-state index is 0.0444. The van der Waals surface area contributed by atoms with Gasteiger partial charge in [-0.1, -0.05) is 13.8 Å². The second-order valence-electron chi connectivity index (χ2n) is 20.0. The fourth-order valence-corrected chi connectivity index (χ4v) is 13.3. The Morgan fingerprint density at radius 1 is 0.667 bits per heavy atom. The van der Waals surface area contributed by atoms with E-state index in [4.69, 9.17) is 33.2 Å². The standard InChI is InChI=1S/C43H74O17/c1-20(45)25-10-13-43(53)27-7-6-22-14-23(8-11-41(22,3)26(27)9-12-42(25,43)4)58-40-38(52)39(54-5)24(21(2)57-40)16-55-17-30-34(48)37(51)35(49)31(60-30)19-56-18-29-33(47)36(50)32(46)28(15-44)59-29/h20-40,44-53H,6-19H2,1-5H3/t20?,21-,22+,23+,24-,25-,26+,27-,28-,29+,30+,31-,32-,33+,34+,35-,36+,37-,38-,39+,40+,41+,42-,43+/m1/s1. The molecule has 7 fully saturated rings. The third-order valence-corrected chi connectivity index (χ3v) is 17.0. The zero-order valence-corrected chi connectivity index (χ0v) is 35.9. The Morgan fingerprint density at radius 2 is 1.25 bits per heavy atom. The van der Waals surface area contributed by atoms with Crippen molar-refractivity contribution in [1.82, 2.24) is 0 Å². The first-order chi connectivity index (χ1) is 28.4. The molecule has 17 nitrogen and oxygen atoms in total. The van der Waals surface area contributed by atoms with Crippen LogP contribution in [0.2, 0.25) is 0 Å². The number of fused-ring (bicyclic) bond motifs is 5. The topological polar surface area (TPSA) is 267 Å². The Hall–Kier alpha value is -0.680. The summed E-state index contributed by atoms with van der Waals surface area (Å²) in [6.45, 7) is 7.05. The number of hydrogen-bond donors (Lipinski definition) is 10. The van der Waals surface area contributed by atoms with Gasteiger partial charge in [-0.05, 0) is 101 Å². The molecule has 10 N–H and O–H groups in total. The largest absolute Gasteiger partial charge is 0.394 e. The van der Waals surface area contributed by atoms with Crippen LogP contribution in [0.15, 0.2) is 0 Å². The minimum atomic E-state index is -1.59. The Labute approximate surface area is 353 Å². The van der Waals surface area contributed by atoms with E-state index in [-0.39, 0.29) is 55.2 Å². The summed E-state index contributed by atoms with van der Waals surface area (Å²) in [5.41, 5.74) is -0.944. The lowest BCUT2D eigenvalue weighted by Gasteiger charge is -2.64. The highest BCUT2D eigenvalue weighted by Crippen LogP contribution is 2.69. The van der Waals surface area contributed by atoms with Crippen molar-refractivity contribution in [2.75, 3.05) is 40.1 Å². The Bertz CT molecular complexity index is 1410. The van der Waals surface area contributed by atoms with Crippen molar-refractivity contribution in [1.29, 1.82) is 0 Å². The molecule has 4 aliphatic carbocycles. The van der Waals surface area contributed by atoms with Crippen molar-refractivity contribution >= 4 is 0 Å². The average Bonchev–Trinajstić information content (AvgIpc) is 3.51. The highest BCUT2D eigenvalue weighted by atomic mass is 16.7. The van der Waals surface area contributed by atoms with E-state index >= 15 is 0 Å². The number of rotatable bonds is 13. The number of ether oxygens (including phenoxy) is 7. The third-order valence-electron chi connectivity index (χ3n) is 17.0. The van der Waals surface area contributed by atoms with E-state index in [1.165, 1.54) is 7.11 Å². The van der Waals surface area contributed by atoms with Crippen LogP contribution in [0.5, 0.6) is 0 Å². The van der Waals surface area contributed by atoms with E-state index in [2.05, 4.69) is 13.8 Å². The second-order valence-corrected chi connectivity index (χ2v) is 20.0. The molecule has 60 heavy (non-hydrogen) atoms. The van der Waals surface area contributed by atoms with Crippen LogP contribution in [0, 0.1) is 40.4 Å². The summed E-state index contributed by atoms with van der Waals surface area (Å²) in [7, 11) is 1.51. The SMILES string of the molecule is CO[C@@H]1[C@@H](O)[C@H](O[C@H]2CC[C@@]3(C)[C@@H](CC[C@@H]4[C@@H]3CC[C@]3(C)[C@@H](C(C)O)CC[C@]43O)C2)O[C@H](C)[C@H]1COC[C@@H]1O[C@H](COC[C@@H]2O[C@H](CO)[C@@H](O)[C@H](O)[C@H]2O)[C@@H](O)[C@H](O)[C@H]1O. The minimum Gasteiger partial charge on any atom is -0.394 e. The highest BCUT2D eigenvalue weighted by Gasteiger charge is 2.68. The first kappa shape index (κ1) is 47.3. The summed E-state index contributed by atoms with van der Waals surface area (Å²) in [4.78, 5) is 0. The monoisotopic (exact) mass is 862 g/mol. The van der Waals surface area contributed by atoms with Crippen molar-refractivity contribution in [3.05, 3.63) is 0 Å². The molecule has 0 spiro atoms. The van der Waals surface area contributed by atoms with Crippen molar-refractivity contribution < 1.29 is 84.2 Å². The van der Waals surface area contributed by atoms with E-state index in [0.29, 0.717) is 11.8 Å². The number of hydrogen-bond acceptors (Lipinski definition) is 17. The third kappa shape index (κ3) is 8.38. The maximum absolute atomic E-state index is 12.4. The molecule has 0 amide bonds. The Kier molecular flexibility index (Phi) is 14.7. The molecule has 3 heterocycles. The predicted molar refractivity (Wildman–Crippen MR) is 210 cm³/mol. The maximum atomic E-state index is 12.4. The molecule has 0 radical (unpaired) electrons. The quantitative estimate of drug-likeness (QED) is 0.0995. The summed E-state index contributed by atoms with van der Waals surface area (Å²) in [6, 6.07) is 0. The first-order valence-corrected chi connectivity index (χ1v) is 22.5. The van der Waals surface area contributed by atoms with Gasteiger partial charge in [0.2, 0.25) is 0 Å². The van der Waals surface area contributed by atoms with Crippen LogP contribution in [0.1, 0.15) is 85.5 Å². The van der Waals surface area contributed by atoms with Gasteiger partial charge >= 0.3 is 0 Å². The zero-order valence-electron chi connectivity index (χ0n) is 35.9. The molecule has 0 bridgehead atoms. The first-order valence-electron chi connectivity index (χ1n) is 22.5. The van der Waals surface area contributed by atoms with Crippen LogP contribution in [0.4, 0.5) is 0 Å². The van der Waals surface area contributed by atoms with Crippen molar-refractivity contribution in [2.45, 2.75) is 189 Å². The van der Waals surface area contributed by atoms with Gasteiger partial charge < -0.3 is 84.2 Å². The van der Waals surface area contributed by atoms with Gasteiger partial charge in [0, 0.05) is 18.4 Å². The van der Waals surface area contributed by atoms with E-state index in [1.807, 2.05) is 13.8 Å². The van der Waals surface area contributed by atoms with Crippen molar-refractivity contribution in [3.8, 4) is 0 Å². The van der Waals surface area contributed by atoms with Crippen LogP contribution in [0.3, 0.4) is 0 Å². The molecule has 0 aromatic heterocycles. The second kappa shape index (κ2) is 18.7. The molecule has 24 atom stereocenters. The summed E-state index contributed by atoms with van der Waals surface area (Å²) >= 11 is 0. The van der Waals surface area contributed by atoms with Gasteiger partial charge in [-0.3, -0.25) is 0 Å². The summed E-state index contributed by atoms with van der Waals surface area (Å²) in [6.07, 6.45) is -9.11. The Balaban J connectivity index is 0.891. The van der Waals surface area contributed by atoms with Gasteiger partial charge in [-0.15, -0.1) is 0 Å². The number of methoxy groups -OCH3 is 1. The van der Waals surface area contributed by atoms with Crippen LogP contribution in [-0.4, -0.2) is 195 Å². The lowest BCUT2D eigenvalue weighted by atomic mass is 9.43. The molecular formula is C43H74O17. The van der Waals surface area contributed by atoms with Crippen molar-refractivity contribution in [3.63, 3.8) is 0 Å². The molecular weight excluding hydrogens is 788 g/mol. The molecule has 17 heteroatoms. The lowest BCUT2D eigenvalue weighted by molar-refractivity contribution is -0.309. The molecule has 7 rings (SSSR count). The average molecular weight is 863 g/mol. The van der Waals surface area contributed by atoms with E-state index in [1.54, 1.807) is 0 Å². The number of aliphatic hydroxyl groups is 10. The van der Waals surface area contributed by atoms with Gasteiger partial charge in [0.1, 0.15) is 67.1 Å². The van der Waals surface area contributed by atoms with Crippen LogP contribution >= 0.6 is 0 Å². The molecule has 1 unspecified atom stereocenters. The smallest absolute Gasteiger partial charge is 0.186 e. The summed E-state index contributed by atoms with van der Waals surface area (Å²) in [5, 5.41) is 106. The zero-order chi connectivity index (χ0) is 43.5. The fourth-order valence-electron chi connectivity index (χ4n) is 13.3. The van der Waals surface area contributed by atoms with Gasteiger partial charge in [-0.2, -0.15) is 0 Å². The number of aliphatic hydroxyl groups excluding tert-OH is 9. The summed E-state index contributed by atoms with van der Waals surface area (Å²) < 4.78 is 41.6. The Morgan fingerprint density at radius 3 is 1.83 bits per heavy atom. The molecule has 3 saturated heterocycles. The van der Waals surface area contributed by atoms with Crippen LogP contribution < -0.4 is 0 Å². The molecule has 348 valence electrons. The molecule has 3 aliphatic heterocycles. The molecule has 7 aliphatic rings. The van der Waals surface area contributed by atoms with Crippen LogP contribution in [-0.2, 0) is 33.2 Å². The van der Waals surface area contributed by atoms with E-state index < -0.39 is 110 Å². The van der Waals surface area contributed by atoms with E-state index in [9.17, 15) is 51.1 Å². The molecule has 4 saturated carbocycles. The molecule has 0 aromatic rings. The highest BCUT2D eigenvalue weighted by molar-refractivity contribution is 5.17.